The van der Waals surface area contributed by atoms with Crippen LogP contribution in [0.25, 0.3) is 0 Å². The number of aliphatic hydroxyl groups excluding tert-OH is 1. The molecule has 0 aromatic heterocycles. The topological polar surface area (TPSA) is 65.0 Å². The van der Waals surface area contributed by atoms with E-state index in [4.69, 9.17) is 9.47 Å². The van der Waals surface area contributed by atoms with Crippen LogP contribution in [0.3, 0.4) is 0 Å². The Morgan fingerprint density at radius 1 is 1.04 bits per heavy atom. The maximum atomic E-state index is 11.6. The van der Waals surface area contributed by atoms with Crippen molar-refractivity contribution in [2.45, 2.75) is 18.8 Å². The van der Waals surface area contributed by atoms with Gasteiger partial charge in [-0.15, -0.1) is 0 Å². The number of esters is 1. The molecule has 0 heterocycles. The second kappa shape index (κ2) is 8.31. The van der Waals surface area contributed by atoms with E-state index in [0.717, 1.165) is 5.56 Å². The molecular formula is C18H20O5. The monoisotopic (exact) mass is 316 g/mol. The number of carbonyl (C=O) groups is 1. The summed E-state index contributed by atoms with van der Waals surface area (Å²) in [5, 5.41) is 10.2. The summed E-state index contributed by atoms with van der Waals surface area (Å²) in [7, 11) is 2.60. The number of carbonyl (C=O) groups excluding carboxylic acids is 1. The van der Waals surface area contributed by atoms with Crippen molar-refractivity contribution >= 4 is 5.97 Å². The number of ether oxygens (including phenoxy) is 3. The van der Waals surface area contributed by atoms with Crippen LogP contribution in [0.5, 0.6) is 5.75 Å². The van der Waals surface area contributed by atoms with Crippen LogP contribution in [0.2, 0.25) is 0 Å². The first-order valence-corrected chi connectivity index (χ1v) is 7.21. The predicted molar refractivity (Wildman–Crippen MR) is 85.0 cm³/mol. The van der Waals surface area contributed by atoms with Crippen LogP contribution in [0.4, 0.5) is 0 Å². The number of rotatable bonds is 7. The highest BCUT2D eigenvalue weighted by atomic mass is 16.6. The number of hydrogen-bond acceptors (Lipinski definition) is 5. The first-order chi connectivity index (χ1) is 11.2. The molecule has 1 N–H and O–H groups in total. The zero-order valence-electron chi connectivity index (χ0n) is 13.1. The molecule has 0 saturated heterocycles. The fourth-order valence-corrected chi connectivity index (χ4v) is 2.15. The number of aliphatic hydroxyl groups is 1. The highest BCUT2D eigenvalue weighted by molar-refractivity contribution is 5.75. The van der Waals surface area contributed by atoms with Gasteiger partial charge in [-0.3, -0.25) is 0 Å². The van der Waals surface area contributed by atoms with E-state index in [1.807, 2.05) is 30.3 Å². The van der Waals surface area contributed by atoms with Crippen LogP contribution in [-0.2, 0) is 20.9 Å². The number of hydrogen-bond donors (Lipinski definition) is 1. The molecule has 23 heavy (non-hydrogen) atoms. The van der Waals surface area contributed by atoms with Crippen LogP contribution >= 0.6 is 0 Å². The Morgan fingerprint density at radius 3 is 2.26 bits per heavy atom. The third-order valence-corrected chi connectivity index (χ3v) is 3.44. The van der Waals surface area contributed by atoms with Crippen LogP contribution in [0.1, 0.15) is 17.2 Å². The molecule has 2 aromatic carbocycles. The van der Waals surface area contributed by atoms with Crippen LogP contribution in [0, 0.1) is 0 Å². The number of methoxy groups -OCH3 is 2. The summed E-state index contributed by atoms with van der Waals surface area (Å²) in [4.78, 5) is 11.6. The molecule has 0 aliphatic carbocycles. The lowest BCUT2D eigenvalue weighted by molar-refractivity contribution is -0.159. The van der Waals surface area contributed by atoms with Gasteiger partial charge in [0.25, 0.3) is 0 Å². The van der Waals surface area contributed by atoms with Crippen molar-refractivity contribution in [3.05, 3.63) is 65.7 Å². The Hall–Kier alpha value is -2.37. The highest BCUT2D eigenvalue weighted by Gasteiger charge is 2.28. The lowest BCUT2D eigenvalue weighted by atomic mass is 10.0. The minimum Gasteiger partial charge on any atom is -0.489 e. The zero-order chi connectivity index (χ0) is 16.7. The van der Waals surface area contributed by atoms with E-state index in [1.54, 1.807) is 24.3 Å². The largest absolute Gasteiger partial charge is 0.489 e. The van der Waals surface area contributed by atoms with Gasteiger partial charge in [-0.05, 0) is 23.3 Å². The molecule has 0 radical (unpaired) electrons. The van der Waals surface area contributed by atoms with Gasteiger partial charge in [0.05, 0.1) is 7.11 Å². The summed E-state index contributed by atoms with van der Waals surface area (Å²) >= 11 is 0. The van der Waals surface area contributed by atoms with Gasteiger partial charge in [-0.1, -0.05) is 42.5 Å². The van der Waals surface area contributed by atoms with E-state index >= 15 is 0 Å². The van der Waals surface area contributed by atoms with Gasteiger partial charge in [0.2, 0.25) is 0 Å². The van der Waals surface area contributed by atoms with Crippen molar-refractivity contribution in [1.29, 1.82) is 0 Å². The first kappa shape index (κ1) is 17.0. The molecule has 122 valence electrons. The Kier molecular flexibility index (Phi) is 6.14. The first-order valence-electron chi connectivity index (χ1n) is 7.21. The molecule has 0 amide bonds. The standard InChI is InChI=1S/C18H20O5/c1-21-17(18(20)22-2)16(19)14-8-10-15(11-9-14)23-12-13-6-4-3-5-7-13/h3-11,16-17,19H,12H2,1-2H3. The maximum Gasteiger partial charge on any atom is 0.338 e. The molecular weight excluding hydrogens is 296 g/mol. The molecule has 0 spiro atoms. The summed E-state index contributed by atoms with van der Waals surface area (Å²) in [5.41, 5.74) is 1.62. The molecule has 2 rings (SSSR count). The fraction of sp³-hybridized carbons (Fsp3) is 0.278. The summed E-state index contributed by atoms with van der Waals surface area (Å²) in [6.07, 6.45) is -2.16. The lowest BCUT2D eigenvalue weighted by Gasteiger charge is -2.19. The van der Waals surface area contributed by atoms with Crippen molar-refractivity contribution < 1.29 is 24.1 Å². The van der Waals surface area contributed by atoms with E-state index in [2.05, 4.69) is 4.74 Å². The van der Waals surface area contributed by atoms with E-state index in [-0.39, 0.29) is 0 Å². The molecule has 5 heteroatoms. The minimum absolute atomic E-state index is 0.464. The smallest absolute Gasteiger partial charge is 0.338 e. The maximum absolute atomic E-state index is 11.6. The SMILES string of the molecule is COC(=O)C(OC)C(O)c1ccc(OCc2ccccc2)cc1. The molecule has 2 atom stereocenters. The van der Waals surface area contributed by atoms with Gasteiger partial charge in [-0.2, -0.15) is 0 Å². The van der Waals surface area contributed by atoms with Gasteiger partial charge in [0, 0.05) is 7.11 Å². The van der Waals surface area contributed by atoms with E-state index < -0.39 is 18.2 Å². The summed E-state index contributed by atoms with van der Waals surface area (Å²) in [6.45, 7) is 0.464. The van der Waals surface area contributed by atoms with Crippen molar-refractivity contribution in [3.63, 3.8) is 0 Å². The molecule has 0 fully saturated rings. The quantitative estimate of drug-likeness (QED) is 0.795. The highest BCUT2D eigenvalue weighted by Crippen LogP contribution is 2.23. The van der Waals surface area contributed by atoms with E-state index in [9.17, 15) is 9.90 Å². The molecule has 0 aliphatic heterocycles. The van der Waals surface area contributed by atoms with Gasteiger partial charge in [0.15, 0.2) is 6.10 Å². The minimum atomic E-state index is -1.10. The Bertz CT molecular complexity index is 609. The van der Waals surface area contributed by atoms with Crippen LogP contribution < -0.4 is 4.74 Å². The molecule has 0 bridgehead atoms. The van der Waals surface area contributed by atoms with E-state index in [0.29, 0.717) is 17.9 Å². The Balaban J connectivity index is 1.99. The zero-order valence-corrected chi connectivity index (χ0v) is 13.1. The number of benzene rings is 2. The summed E-state index contributed by atoms with van der Waals surface area (Å²) in [5.74, 6) is 0.0567. The second-order valence-electron chi connectivity index (χ2n) is 4.97. The Morgan fingerprint density at radius 2 is 1.70 bits per heavy atom. The van der Waals surface area contributed by atoms with Gasteiger partial charge in [0.1, 0.15) is 18.5 Å². The van der Waals surface area contributed by atoms with Gasteiger partial charge in [-0.25, -0.2) is 4.79 Å². The third-order valence-electron chi connectivity index (χ3n) is 3.44. The summed E-state index contributed by atoms with van der Waals surface area (Å²) < 4.78 is 15.3. The van der Waals surface area contributed by atoms with Crippen molar-refractivity contribution in [2.75, 3.05) is 14.2 Å². The second-order valence-corrected chi connectivity index (χ2v) is 4.97. The molecule has 2 unspecified atom stereocenters. The average molecular weight is 316 g/mol. The fourth-order valence-electron chi connectivity index (χ4n) is 2.15. The van der Waals surface area contributed by atoms with Crippen LogP contribution in [0.15, 0.2) is 54.6 Å². The molecule has 2 aromatic rings. The summed E-state index contributed by atoms with van der Waals surface area (Å²) in [6, 6.07) is 16.7. The molecule has 5 nitrogen and oxygen atoms in total. The third kappa shape index (κ3) is 4.55. The average Bonchev–Trinajstić information content (AvgIpc) is 2.61. The van der Waals surface area contributed by atoms with Crippen molar-refractivity contribution in [1.82, 2.24) is 0 Å². The lowest BCUT2D eigenvalue weighted by Crippen LogP contribution is -2.31. The molecule has 0 saturated carbocycles. The normalized spacial score (nSPS) is 13.2. The van der Waals surface area contributed by atoms with Crippen molar-refractivity contribution in [3.8, 4) is 5.75 Å². The Labute approximate surface area is 135 Å². The van der Waals surface area contributed by atoms with Crippen LogP contribution in [-0.4, -0.2) is 31.4 Å². The van der Waals surface area contributed by atoms with E-state index in [1.165, 1.54) is 14.2 Å². The van der Waals surface area contributed by atoms with Gasteiger partial charge < -0.3 is 19.3 Å². The molecule has 0 aliphatic rings. The van der Waals surface area contributed by atoms with Gasteiger partial charge >= 0.3 is 5.97 Å². The van der Waals surface area contributed by atoms with Crippen molar-refractivity contribution in [2.24, 2.45) is 0 Å². The predicted octanol–water partition coefficient (Wildman–Crippen LogP) is 2.49.